The summed E-state index contributed by atoms with van der Waals surface area (Å²) in [6.07, 6.45) is 0. The predicted molar refractivity (Wildman–Crippen MR) is 112 cm³/mol. The maximum Gasteiger partial charge on any atom is 0.279 e. The van der Waals surface area contributed by atoms with E-state index in [1.165, 1.54) is 21.4 Å². The van der Waals surface area contributed by atoms with Crippen LogP contribution in [0.2, 0.25) is 0 Å². The first-order chi connectivity index (χ1) is 12.9. The average molecular weight is 383 g/mol. The third kappa shape index (κ3) is 4.20. The monoisotopic (exact) mass is 382 g/mol. The molecule has 0 N–H and O–H groups in total. The summed E-state index contributed by atoms with van der Waals surface area (Å²) in [6.45, 7) is 12.2. The van der Waals surface area contributed by atoms with Gasteiger partial charge in [-0.15, -0.1) is 0 Å². The first-order valence-electron chi connectivity index (χ1n) is 9.25. The van der Waals surface area contributed by atoms with Gasteiger partial charge in [-0.1, -0.05) is 23.5 Å². The minimum Gasteiger partial charge on any atom is -0.380 e. The molecule has 142 valence electrons. The number of carbonyl (C=O) groups is 1. The molecule has 0 radical (unpaired) electrons. The van der Waals surface area contributed by atoms with Crippen molar-refractivity contribution in [3.8, 4) is 0 Å². The molecule has 2 aromatic carbocycles. The van der Waals surface area contributed by atoms with Gasteiger partial charge in [0, 0.05) is 18.7 Å². The molecule has 0 atom stereocenters. The summed E-state index contributed by atoms with van der Waals surface area (Å²) in [5, 5.41) is 0. The molecule has 1 aromatic heterocycles. The third-order valence-electron chi connectivity index (χ3n) is 4.73. The molecule has 0 saturated heterocycles. The van der Waals surface area contributed by atoms with E-state index in [2.05, 4.69) is 35.5 Å². The number of ether oxygens (including phenoxy) is 1. The highest BCUT2D eigenvalue weighted by molar-refractivity contribution is 7.16. The van der Waals surface area contributed by atoms with Gasteiger partial charge < -0.3 is 9.30 Å². The van der Waals surface area contributed by atoms with Gasteiger partial charge in [0.1, 0.15) is 0 Å². The number of fused-ring (bicyclic) bond motifs is 1. The van der Waals surface area contributed by atoms with Crippen LogP contribution in [0.15, 0.2) is 35.3 Å². The SMILES string of the molecule is CCOCCn1c(=NC(=O)c2ccc(C)c(C)c2)sc2c(C)cc(C)cc21. The van der Waals surface area contributed by atoms with Gasteiger partial charge in [-0.05, 0) is 75.1 Å². The second-order valence-corrected chi connectivity index (χ2v) is 7.86. The van der Waals surface area contributed by atoms with Crippen LogP contribution >= 0.6 is 11.3 Å². The van der Waals surface area contributed by atoms with E-state index in [9.17, 15) is 4.79 Å². The molecule has 5 heteroatoms. The summed E-state index contributed by atoms with van der Waals surface area (Å²) in [5.41, 5.74) is 6.42. The van der Waals surface area contributed by atoms with E-state index in [1.54, 1.807) is 11.3 Å². The van der Waals surface area contributed by atoms with Crippen LogP contribution in [0.5, 0.6) is 0 Å². The van der Waals surface area contributed by atoms with E-state index in [0.717, 1.165) is 15.9 Å². The molecule has 0 aliphatic rings. The van der Waals surface area contributed by atoms with E-state index in [0.29, 0.717) is 25.3 Å². The molecule has 1 heterocycles. The maximum atomic E-state index is 12.8. The van der Waals surface area contributed by atoms with Crippen LogP contribution in [-0.2, 0) is 11.3 Å². The Morgan fingerprint density at radius 3 is 2.56 bits per heavy atom. The lowest BCUT2D eigenvalue weighted by Crippen LogP contribution is -2.19. The maximum absolute atomic E-state index is 12.8. The lowest BCUT2D eigenvalue weighted by molar-refractivity contribution is 0.0996. The highest BCUT2D eigenvalue weighted by atomic mass is 32.1. The number of carbonyl (C=O) groups excluding carboxylic acids is 1. The van der Waals surface area contributed by atoms with Crippen LogP contribution in [0.4, 0.5) is 0 Å². The molecule has 0 unspecified atom stereocenters. The standard InChI is InChI=1S/C22H26N2O2S/c1-6-26-10-9-24-19-12-14(2)11-17(5)20(19)27-22(24)23-21(25)18-8-7-15(3)16(4)13-18/h7-8,11-13H,6,9-10H2,1-5H3. The van der Waals surface area contributed by atoms with Gasteiger partial charge in [0.15, 0.2) is 4.80 Å². The van der Waals surface area contributed by atoms with Gasteiger partial charge in [-0.3, -0.25) is 4.79 Å². The molecular weight excluding hydrogens is 356 g/mol. The molecule has 0 aliphatic heterocycles. The quantitative estimate of drug-likeness (QED) is 0.600. The number of aromatic nitrogens is 1. The van der Waals surface area contributed by atoms with Gasteiger partial charge >= 0.3 is 0 Å². The second kappa shape index (κ2) is 8.19. The Labute approximate surface area is 164 Å². The summed E-state index contributed by atoms with van der Waals surface area (Å²) in [6, 6.07) is 10.1. The summed E-state index contributed by atoms with van der Waals surface area (Å²) < 4.78 is 8.82. The van der Waals surface area contributed by atoms with Crippen LogP contribution in [-0.4, -0.2) is 23.7 Å². The van der Waals surface area contributed by atoms with Gasteiger partial charge in [0.25, 0.3) is 5.91 Å². The van der Waals surface area contributed by atoms with Crippen molar-refractivity contribution in [2.75, 3.05) is 13.2 Å². The van der Waals surface area contributed by atoms with Crippen molar-refractivity contribution in [2.24, 2.45) is 4.99 Å². The normalized spacial score (nSPS) is 12.1. The molecular formula is C22H26N2O2S. The van der Waals surface area contributed by atoms with E-state index < -0.39 is 0 Å². The summed E-state index contributed by atoms with van der Waals surface area (Å²) >= 11 is 1.57. The van der Waals surface area contributed by atoms with Crippen LogP contribution in [0.1, 0.15) is 39.5 Å². The molecule has 1 amide bonds. The van der Waals surface area contributed by atoms with Crippen LogP contribution < -0.4 is 4.80 Å². The van der Waals surface area contributed by atoms with E-state index in [-0.39, 0.29) is 5.91 Å². The van der Waals surface area contributed by atoms with Gasteiger partial charge in [0.05, 0.1) is 16.8 Å². The Bertz CT molecular complexity index is 1060. The van der Waals surface area contributed by atoms with E-state index >= 15 is 0 Å². The zero-order chi connectivity index (χ0) is 19.6. The van der Waals surface area contributed by atoms with Crippen molar-refractivity contribution in [1.29, 1.82) is 0 Å². The zero-order valence-electron chi connectivity index (χ0n) is 16.6. The molecule has 3 rings (SSSR count). The smallest absolute Gasteiger partial charge is 0.279 e. The van der Waals surface area contributed by atoms with Gasteiger partial charge in [0.2, 0.25) is 0 Å². The Morgan fingerprint density at radius 2 is 1.85 bits per heavy atom. The number of amides is 1. The largest absolute Gasteiger partial charge is 0.380 e. The molecule has 0 saturated carbocycles. The van der Waals surface area contributed by atoms with Crippen molar-refractivity contribution in [2.45, 2.75) is 41.2 Å². The van der Waals surface area contributed by atoms with Crippen molar-refractivity contribution in [1.82, 2.24) is 4.57 Å². The fourth-order valence-corrected chi connectivity index (χ4v) is 4.24. The highest BCUT2D eigenvalue weighted by Crippen LogP contribution is 2.23. The first-order valence-corrected chi connectivity index (χ1v) is 10.1. The summed E-state index contributed by atoms with van der Waals surface area (Å²) in [5.74, 6) is -0.204. The molecule has 4 nitrogen and oxygen atoms in total. The van der Waals surface area contributed by atoms with Crippen molar-refractivity contribution >= 4 is 27.5 Å². The second-order valence-electron chi connectivity index (χ2n) is 6.88. The molecule has 27 heavy (non-hydrogen) atoms. The fraction of sp³-hybridized carbons (Fsp3) is 0.364. The molecule has 0 spiro atoms. The predicted octanol–water partition coefficient (Wildman–Crippen LogP) is 4.71. The third-order valence-corrected chi connectivity index (χ3v) is 5.96. The number of aryl methyl sites for hydroxylation is 4. The van der Waals surface area contributed by atoms with E-state index in [1.807, 2.05) is 39.0 Å². The summed E-state index contributed by atoms with van der Waals surface area (Å²) in [4.78, 5) is 18.0. The minimum atomic E-state index is -0.204. The molecule has 0 bridgehead atoms. The zero-order valence-corrected chi connectivity index (χ0v) is 17.4. The van der Waals surface area contributed by atoms with Crippen LogP contribution in [0, 0.1) is 27.7 Å². The lowest BCUT2D eigenvalue weighted by Gasteiger charge is -2.07. The Balaban J connectivity index is 2.12. The number of thiazole rings is 1. The fourth-order valence-electron chi connectivity index (χ4n) is 3.14. The Morgan fingerprint density at radius 1 is 1.07 bits per heavy atom. The molecule has 0 fully saturated rings. The lowest BCUT2D eigenvalue weighted by atomic mass is 10.1. The number of hydrogen-bond acceptors (Lipinski definition) is 3. The number of hydrogen-bond donors (Lipinski definition) is 0. The first kappa shape index (κ1) is 19.5. The Kier molecular flexibility index (Phi) is 5.92. The molecule has 0 aliphatic carbocycles. The number of rotatable bonds is 5. The van der Waals surface area contributed by atoms with Crippen LogP contribution in [0.3, 0.4) is 0 Å². The molecule has 3 aromatic rings. The highest BCUT2D eigenvalue weighted by Gasteiger charge is 2.12. The summed E-state index contributed by atoms with van der Waals surface area (Å²) in [7, 11) is 0. The van der Waals surface area contributed by atoms with Crippen molar-refractivity contribution in [3.05, 3.63) is 63.0 Å². The van der Waals surface area contributed by atoms with Gasteiger partial charge in [-0.25, -0.2) is 0 Å². The van der Waals surface area contributed by atoms with Gasteiger partial charge in [-0.2, -0.15) is 4.99 Å². The van der Waals surface area contributed by atoms with Crippen molar-refractivity contribution in [3.63, 3.8) is 0 Å². The van der Waals surface area contributed by atoms with Crippen LogP contribution in [0.25, 0.3) is 10.2 Å². The van der Waals surface area contributed by atoms with Crippen molar-refractivity contribution < 1.29 is 9.53 Å². The topological polar surface area (TPSA) is 43.6 Å². The van der Waals surface area contributed by atoms with E-state index in [4.69, 9.17) is 4.74 Å². The average Bonchev–Trinajstić information content (AvgIpc) is 2.95. The minimum absolute atomic E-state index is 0.204. The number of nitrogens with zero attached hydrogens (tertiary/aromatic N) is 2. The Hall–Kier alpha value is -2.24. The number of benzene rings is 2.